The summed E-state index contributed by atoms with van der Waals surface area (Å²) in [4.78, 5) is 24.4. The van der Waals surface area contributed by atoms with Crippen molar-refractivity contribution in [2.45, 2.75) is 0 Å². The van der Waals surface area contributed by atoms with Gasteiger partial charge in [-0.25, -0.2) is 18.7 Å². The molecule has 1 aliphatic rings. The third kappa shape index (κ3) is 3.48. The van der Waals surface area contributed by atoms with Crippen LogP contribution in [0.4, 0.5) is 14.5 Å². The van der Waals surface area contributed by atoms with Crippen LogP contribution in [0.1, 0.15) is 0 Å². The molecule has 2 aromatic heterocycles. The number of carbonyl (C=O) groups is 1. The van der Waals surface area contributed by atoms with Crippen molar-refractivity contribution >= 4 is 55.8 Å². The maximum atomic E-state index is 15.8. The van der Waals surface area contributed by atoms with E-state index in [9.17, 15) is 14.3 Å². The molecule has 1 amide bonds. The zero-order valence-electron chi connectivity index (χ0n) is 17.2. The number of nitrogens with zero attached hydrogens (tertiary/aromatic N) is 4. The third-order valence-electron chi connectivity index (χ3n) is 5.75. The first-order valence-corrected chi connectivity index (χ1v) is 11.4. The molecular weight excluding hydrogens is 470 g/mol. The van der Waals surface area contributed by atoms with E-state index in [0.29, 0.717) is 42.9 Å². The van der Waals surface area contributed by atoms with Crippen LogP contribution in [0.15, 0.2) is 42.4 Å². The highest BCUT2D eigenvalue weighted by molar-refractivity contribution is 7.17. The molecular formula is C23H17ClF2N4O2S. The van der Waals surface area contributed by atoms with Crippen molar-refractivity contribution in [3.05, 3.63) is 59.1 Å². The number of benzene rings is 2. The van der Waals surface area contributed by atoms with Crippen molar-refractivity contribution in [1.82, 2.24) is 14.9 Å². The van der Waals surface area contributed by atoms with Gasteiger partial charge in [-0.3, -0.25) is 4.79 Å². The van der Waals surface area contributed by atoms with Gasteiger partial charge in [-0.2, -0.15) is 0 Å². The number of anilines is 1. The van der Waals surface area contributed by atoms with E-state index in [1.54, 1.807) is 16.5 Å². The first-order chi connectivity index (χ1) is 15.9. The van der Waals surface area contributed by atoms with E-state index < -0.39 is 17.4 Å². The van der Waals surface area contributed by atoms with Crippen LogP contribution in [0.2, 0.25) is 5.02 Å². The van der Waals surface area contributed by atoms with Crippen molar-refractivity contribution in [1.29, 1.82) is 0 Å². The van der Waals surface area contributed by atoms with Crippen LogP contribution in [0.25, 0.3) is 32.4 Å². The van der Waals surface area contributed by atoms with Gasteiger partial charge in [0.25, 0.3) is 0 Å². The number of aromatic hydroxyl groups is 1. The number of fused-ring (bicyclic) bond motifs is 2. The second-order valence-corrected chi connectivity index (χ2v) is 8.82. The first kappa shape index (κ1) is 21.5. The molecule has 10 heteroatoms. The average molecular weight is 487 g/mol. The number of amides is 1. The minimum atomic E-state index is -0.838. The number of hydrogen-bond donors (Lipinski definition) is 1. The highest BCUT2D eigenvalue weighted by Gasteiger charge is 2.28. The summed E-state index contributed by atoms with van der Waals surface area (Å²) >= 11 is 7.84. The van der Waals surface area contributed by atoms with Crippen molar-refractivity contribution in [2.24, 2.45) is 0 Å². The van der Waals surface area contributed by atoms with Crippen LogP contribution < -0.4 is 4.90 Å². The van der Waals surface area contributed by atoms with Gasteiger partial charge in [0.1, 0.15) is 17.1 Å². The molecule has 3 heterocycles. The van der Waals surface area contributed by atoms with E-state index in [2.05, 4.69) is 16.5 Å². The molecule has 6 nitrogen and oxygen atoms in total. The number of pyridine rings is 1. The molecule has 0 unspecified atom stereocenters. The van der Waals surface area contributed by atoms with E-state index in [-0.39, 0.29) is 27.6 Å². The van der Waals surface area contributed by atoms with Gasteiger partial charge in [0.05, 0.1) is 26.5 Å². The Balaban J connectivity index is 1.71. The minimum absolute atomic E-state index is 0.0185. The van der Waals surface area contributed by atoms with Crippen molar-refractivity contribution in [2.75, 3.05) is 31.1 Å². The van der Waals surface area contributed by atoms with E-state index in [1.165, 1.54) is 29.5 Å². The molecule has 0 spiro atoms. The topological polar surface area (TPSA) is 69.6 Å². The van der Waals surface area contributed by atoms with E-state index in [1.807, 2.05) is 4.90 Å². The summed E-state index contributed by atoms with van der Waals surface area (Å²) in [5.74, 6) is -2.20. The zero-order chi connectivity index (χ0) is 23.3. The number of hydrogen-bond acceptors (Lipinski definition) is 6. The van der Waals surface area contributed by atoms with Crippen LogP contribution in [0.3, 0.4) is 0 Å². The predicted molar refractivity (Wildman–Crippen MR) is 126 cm³/mol. The lowest BCUT2D eigenvalue weighted by Gasteiger charge is -2.36. The van der Waals surface area contributed by atoms with Gasteiger partial charge in [-0.1, -0.05) is 24.2 Å². The average Bonchev–Trinajstić information content (AvgIpc) is 3.28. The Morgan fingerprint density at radius 3 is 2.67 bits per heavy atom. The number of piperazine rings is 1. The lowest BCUT2D eigenvalue weighted by Crippen LogP contribution is -2.48. The van der Waals surface area contributed by atoms with Crippen molar-refractivity contribution < 1.29 is 18.7 Å². The molecule has 0 aliphatic carbocycles. The van der Waals surface area contributed by atoms with Crippen molar-refractivity contribution in [3.8, 4) is 16.9 Å². The summed E-state index contributed by atoms with van der Waals surface area (Å²) in [5, 5.41) is 10.6. The molecule has 5 rings (SSSR count). The largest absolute Gasteiger partial charge is 0.507 e. The second kappa shape index (κ2) is 8.24. The SMILES string of the molecule is C=CC(=O)N1CCN(c2c3cc(Cl)c(-c4c(O)cccc4F)c(F)c3nc3ncsc23)CC1. The van der Waals surface area contributed by atoms with Gasteiger partial charge in [-0.15, -0.1) is 11.3 Å². The highest BCUT2D eigenvalue weighted by atomic mass is 35.5. The Kier molecular flexibility index (Phi) is 5.38. The first-order valence-electron chi connectivity index (χ1n) is 10.1. The number of phenolic OH excluding ortho intramolecular Hbond substituents is 1. The van der Waals surface area contributed by atoms with Gasteiger partial charge in [0, 0.05) is 37.1 Å². The quantitative estimate of drug-likeness (QED) is 0.413. The maximum Gasteiger partial charge on any atom is 0.246 e. The highest BCUT2D eigenvalue weighted by Crippen LogP contribution is 2.44. The van der Waals surface area contributed by atoms with Gasteiger partial charge in [0.15, 0.2) is 11.5 Å². The fraction of sp³-hybridized carbons (Fsp3) is 0.174. The van der Waals surface area contributed by atoms with Crippen LogP contribution >= 0.6 is 22.9 Å². The smallest absolute Gasteiger partial charge is 0.246 e. The molecule has 0 saturated carbocycles. The molecule has 1 aliphatic heterocycles. The zero-order valence-corrected chi connectivity index (χ0v) is 18.8. The molecule has 1 fully saturated rings. The maximum absolute atomic E-state index is 15.8. The molecule has 1 N–H and O–H groups in total. The summed E-state index contributed by atoms with van der Waals surface area (Å²) in [6.07, 6.45) is 1.29. The number of thiazole rings is 1. The Labute approximate surface area is 196 Å². The van der Waals surface area contributed by atoms with E-state index in [4.69, 9.17) is 11.6 Å². The Morgan fingerprint density at radius 2 is 1.97 bits per heavy atom. The minimum Gasteiger partial charge on any atom is -0.507 e. The van der Waals surface area contributed by atoms with E-state index >= 15 is 4.39 Å². The Hall–Kier alpha value is -3.30. The number of halogens is 3. The standard InChI is InChI=1S/C23H17ClF2N4O2S/c1-2-16(32)29-6-8-30(9-7-29)21-12-10-13(24)17(18-14(25)4-3-5-15(18)31)19(26)20(12)28-23-22(21)33-11-27-23/h2-5,10-11,31H,1,6-9H2. The van der Waals surface area contributed by atoms with Gasteiger partial charge in [0.2, 0.25) is 5.91 Å². The summed E-state index contributed by atoms with van der Waals surface area (Å²) in [6.45, 7) is 5.52. The molecule has 0 atom stereocenters. The summed E-state index contributed by atoms with van der Waals surface area (Å²) in [5.41, 5.74) is 2.11. The lowest BCUT2D eigenvalue weighted by molar-refractivity contribution is -0.126. The van der Waals surface area contributed by atoms with Crippen LogP contribution in [0, 0.1) is 11.6 Å². The van der Waals surface area contributed by atoms with Crippen LogP contribution in [-0.2, 0) is 4.79 Å². The van der Waals surface area contributed by atoms with Crippen LogP contribution in [-0.4, -0.2) is 52.1 Å². The number of phenols is 1. The normalized spacial score (nSPS) is 14.3. The Morgan fingerprint density at radius 1 is 1.21 bits per heavy atom. The molecule has 0 radical (unpaired) electrons. The molecule has 2 aromatic carbocycles. The summed E-state index contributed by atoms with van der Waals surface area (Å²) in [6, 6.07) is 5.27. The molecule has 33 heavy (non-hydrogen) atoms. The summed E-state index contributed by atoms with van der Waals surface area (Å²) < 4.78 is 31.1. The second-order valence-electron chi connectivity index (χ2n) is 7.56. The van der Waals surface area contributed by atoms with Gasteiger partial charge in [-0.05, 0) is 24.3 Å². The summed E-state index contributed by atoms with van der Waals surface area (Å²) in [7, 11) is 0. The molecule has 0 bridgehead atoms. The molecule has 1 saturated heterocycles. The lowest BCUT2D eigenvalue weighted by atomic mass is 10.00. The molecule has 4 aromatic rings. The Bertz CT molecular complexity index is 1410. The fourth-order valence-electron chi connectivity index (χ4n) is 4.19. The predicted octanol–water partition coefficient (Wildman–Crippen LogP) is 4.98. The van der Waals surface area contributed by atoms with Crippen LogP contribution in [0.5, 0.6) is 5.75 Å². The number of carbonyl (C=O) groups excluding carboxylic acids is 1. The number of rotatable bonds is 3. The van der Waals surface area contributed by atoms with Gasteiger partial charge >= 0.3 is 0 Å². The number of aromatic nitrogens is 2. The monoisotopic (exact) mass is 486 g/mol. The van der Waals surface area contributed by atoms with E-state index in [0.717, 1.165) is 10.8 Å². The molecule has 168 valence electrons. The van der Waals surface area contributed by atoms with Crippen molar-refractivity contribution in [3.63, 3.8) is 0 Å². The fourth-order valence-corrected chi connectivity index (χ4v) is 5.29. The van der Waals surface area contributed by atoms with Gasteiger partial charge < -0.3 is 14.9 Å². The third-order valence-corrected chi connectivity index (χ3v) is 6.87.